The minimum absolute atomic E-state index is 0.110. The van der Waals surface area contributed by atoms with Crippen LogP contribution >= 0.6 is 15.9 Å². The van der Waals surface area contributed by atoms with Crippen LogP contribution in [-0.4, -0.2) is 68.7 Å². The van der Waals surface area contributed by atoms with Crippen LogP contribution in [0.1, 0.15) is 30.0 Å². The van der Waals surface area contributed by atoms with Gasteiger partial charge in [0.15, 0.2) is 5.60 Å². The van der Waals surface area contributed by atoms with Gasteiger partial charge in [0.25, 0.3) is 5.91 Å². The van der Waals surface area contributed by atoms with Gasteiger partial charge in [0.1, 0.15) is 6.61 Å². The molecule has 3 heterocycles. The van der Waals surface area contributed by atoms with Gasteiger partial charge in [-0.05, 0) is 54.6 Å². The molecule has 0 saturated carbocycles. The summed E-state index contributed by atoms with van der Waals surface area (Å²) in [4.78, 5) is 45.3. The highest BCUT2D eigenvalue weighted by Gasteiger charge is 2.67. The fourth-order valence-electron chi connectivity index (χ4n) is 7.49. The Bertz CT molecular complexity index is 1660. The summed E-state index contributed by atoms with van der Waals surface area (Å²) >= 11 is 3.57. The Morgan fingerprint density at radius 3 is 2.45 bits per heavy atom. The lowest BCUT2D eigenvalue weighted by atomic mass is 9.82. The first kappa shape index (κ1) is 33.3. The number of aliphatic hydroxyl groups excluding tert-OH is 1. The standard InChI is InChI=1S/C35H39BrFN3O6Si/c1-23-32(47(2,3)37)30(20-31(42)38(15-17-41)21-24-7-5-4-6-8-24)46-35(23)28-19-26(36)11-14-29(28)40(33(35)43)22-25-9-12-27(13-10-25)39-16-18-45-34(39)44/h4-14,19,23,30,32,41H,15-18,20-22H2,1-3H3/t23-,30+,32-,35+/m1/s1. The molecule has 2 saturated heterocycles. The van der Waals surface area contributed by atoms with E-state index in [2.05, 4.69) is 15.9 Å². The first-order valence-electron chi connectivity index (χ1n) is 15.9. The number of carbonyl (C=O) groups excluding carboxylic acids is 3. The van der Waals surface area contributed by atoms with Crippen molar-refractivity contribution < 1.29 is 33.1 Å². The molecule has 3 aromatic carbocycles. The number of hydrogen-bond acceptors (Lipinski definition) is 6. The summed E-state index contributed by atoms with van der Waals surface area (Å²) in [5.41, 5.74) is 1.67. The molecule has 3 aliphatic rings. The molecule has 1 N–H and O–H groups in total. The van der Waals surface area contributed by atoms with Gasteiger partial charge in [-0.15, -0.1) is 0 Å². The zero-order chi connectivity index (χ0) is 33.5. The van der Waals surface area contributed by atoms with Crippen molar-refractivity contribution >= 4 is 53.6 Å². The van der Waals surface area contributed by atoms with Crippen LogP contribution < -0.4 is 9.80 Å². The van der Waals surface area contributed by atoms with E-state index in [0.717, 1.165) is 15.6 Å². The second-order valence-electron chi connectivity index (χ2n) is 13.0. The largest absolute Gasteiger partial charge is 0.447 e. The maximum absolute atomic E-state index is 16.3. The minimum Gasteiger partial charge on any atom is -0.447 e. The van der Waals surface area contributed by atoms with Crippen molar-refractivity contribution in [1.82, 2.24) is 4.90 Å². The normalized spacial score (nSPS) is 23.8. The highest BCUT2D eigenvalue weighted by atomic mass is 79.9. The van der Waals surface area contributed by atoms with E-state index in [4.69, 9.17) is 9.47 Å². The summed E-state index contributed by atoms with van der Waals surface area (Å²) in [6.45, 7) is 6.37. The molecule has 2 fully saturated rings. The first-order chi connectivity index (χ1) is 22.4. The van der Waals surface area contributed by atoms with Crippen molar-refractivity contribution in [3.05, 3.63) is 94.0 Å². The molecule has 9 nitrogen and oxygen atoms in total. The Labute approximate surface area is 283 Å². The second kappa shape index (κ2) is 13.1. The lowest BCUT2D eigenvalue weighted by Gasteiger charge is -2.31. The van der Waals surface area contributed by atoms with E-state index in [1.165, 1.54) is 0 Å². The van der Waals surface area contributed by atoms with E-state index < -0.39 is 31.6 Å². The Morgan fingerprint density at radius 1 is 1.09 bits per heavy atom. The Hall–Kier alpha value is -3.58. The number of fused-ring (bicyclic) bond motifs is 2. The van der Waals surface area contributed by atoms with Crippen LogP contribution in [0.5, 0.6) is 0 Å². The SMILES string of the molecule is C[C@@H]1[C@@H]([Si](C)(C)F)[C@H](CC(=O)N(CCO)Cc2ccccc2)O[C@@]12C(=O)N(Cc1ccc(N3CCOC3=O)cc1)c1ccc(Br)cc12. The molecule has 3 aromatic rings. The van der Waals surface area contributed by atoms with Gasteiger partial charge in [-0.1, -0.05) is 65.3 Å². The number of aliphatic hydroxyl groups is 1. The Morgan fingerprint density at radius 2 is 1.81 bits per heavy atom. The van der Waals surface area contributed by atoms with Crippen molar-refractivity contribution in [3.63, 3.8) is 0 Å². The number of cyclic esters (lactones) is 1. The minimum atomic E-state index is -3.49. The van der Waals surface area contributed by atoms with Crippen LogP contribution in [-0.2, 0) is 37.8 Å². The fourth-order valence-corrected chi connectivity index (χ4v) is 10.3. The Kier molecular flexibility index (Phi) is 9.32. The molecule has 3 aliphatic heterocycles. The van der Waals surface area contributed by atoms with Gasteiger partial charge >= 0.3 is 6.09 Å². The van der Waals surface area contributed by atoms with E-state index in [-0.39, 0.29) is 44.0 Å². The molecule has 0 bridgehead atoms. The monoisotopic (exact) mass is 723 g/mol. The second-order valence-corrected chi connectivity index (χ2v) is 17.7. The third kappa shape index (κ3) is 6.24. The molecule has 0 unspecified atom stereocenters. The van der Waals surface area contributed by atoms with Gasteiger partial charge in [0, 0.05) is 40.3 Å². The summed E-state index contributed by atoms with van der Waals surface area (Å²) in [6, 6.07) is 22.5. The van der Waals surface area contributed by atoms with Gasteiger partial charge in [-0.2, -0.15) is 0 Å². The van der Waals surface area contributed by atoms with E-state index in [9.17, 15) is 19.5 Å². The maximum atomic E-state index is 16.3. The number of carbonyl (C=O) groups is 3. The van der Waals surface area contributed by atoms with Gasteiger partial charge in [0.2, 0.25) is 14.3 Å². The highest BCUT2D eigenvalue weighted by molar-refractivity contribution is 9.10. The molecule has 47 heavy (non-hydrogen) atoms. The summed E-state index contributed by atoms with van der Waals surface area (Å²) in [5.74, 6) is -1.11. The molecule has 4 atom stereocenters. The van der Waals surface area contributed by atoms with Crippen LogP contribution in [0.15, 0.2) is 77.3 Å². The summed E-state index contributed by atoms with van der Waals surface area (Å²) in [5, 5.41) is 9.76. The van der Waals surface area contributed by atoms with Crippen molar-refractivity contribution in [1.29, 1.82) is 0 Å². The van der Waals surface area contributed by atoms with E-state index in [1.807, 2.05) is 79.7 Å². The lowest BCUT2D eigenvalue weighted by Crippen LogP contribution is -2.45. The fraction of sp³-hybridized carbons (Fsp3) is 0.400. The maximum Gasteiger partial charge on any atom is 0.414 e. The molecule has 0 aliphatic carbocycles. The van der Waals surface area contributed by atoms with Gasteiger partial charge < -0.3 is 28.5 Å². The number of ether oxygens (including phenoxy) is 2. The van der Waals surface area contributed by atoms with E-state index in [0.29, 0.717) is 36.6 Å². The third-order valence-electron chi connectivity index (χ3n) is 9.59. The summed E-state index contributed by atoms with van der Waals surface area (Å²) in [6.07, 6.45) is -1.33. The third-order valence-corrected chi connectivity index (χ3v) is 12.5. The van der Waals surface area contributed by atoms with E-state index in [1.54, 1.807) is 27.8 Å². The summed E-state index contributed by atoms with van der Waals surface area (Å²) in [7, 11) is -3.49. The van der Waals surface area contributed by atoms with Crippen molar-refractivity contribution in [2.45, 2.75) is 56.8 Å². The van der Waals surface area contributed by atoms with E-state index >= 15 is 4.11 Å². The molecule has 12 heteroatoms. The zero-order valence-corrected chi connectivity index (χ0v) is 29.3. The molecule has 3 amide bonds. The number of amides is 3. The van der Waals surface area contributed by atoms with Crippen LogP contribution in [0.3, 0.4) is 0 Å². The van der Waals surface area contributed by atoms with Crippen LogP contribution in [0.4, 0.5) is 20.3 Å². The topological polar surface area (TPSA) is 99.6 Å². The number of nitrogens with zero attached hydrogens (tertiary/aromatic N) is 3. The number of anilines is 2. The molecule has 1 spiro atoms. The molecular weight excluding hydrogens is 685 g/mol. The van der Waals surface area contributed by atoms with Gasteiger partial charge in [0.05, 0.1) is 37.9 Å². The average molecular weight is 725 g/mol. The molecule has 6 rings (SSSR count). The van der Waals surface area contributed by atoms with Gasteiger partial charge in [-0.3, -0.25) is 14.5 Å². The highest BCUT2D eigenvalue weighted by Crippen LogP contribution is 2.60. The first-order valence-corrected chi connectivity index (χ1v) is 19.6. The van der Waals surface area contributed by atoms with Gasteiger partial charge in [-0.25, -0.2) is 4.79 Å². The Balaban J connectivity index is 1.31. The number of benzene rings is 3. The molecular formula is C35H39BrFN3O6Si. The quantitative estimate of drug-likeness (QED) is 0.199. The zero-order valence-electron chi connectivity index (χ0n) is 26.7. The van der Waals surface area contributed by atoms with Crippen LogP contribution in [0, 0.1) is 5.92 Å². The lowest BCUT2D eigenvalue weighted by molar-refractivity contribution is -0.150. The van der Waals surface area contributed by atoms with Crippen LogP contribution in [0.25, 0.3) is 0 Å². The van der Waals surface area contributed by atoms with Crippen molar-refractivity contribution in [2.24, 2.45) is 5.92 Å². The number of halogens is 2. The number of rotatable bonds is 10. The summed E-state index contributed by atoms with van der Waals surface area (Å²) < 4.78 is 28.9. The number of hydrogen-bond donors (Lipinski definition) is 1. The van der Waals surface area contributed by atoms with Crippen LogP contribution in [0.2, 0.25) is 18.6 Å². The van der Waals surface area contributed by atoms with Crippen molar-refractivity contribution in [2.75, 3.05) is 36.1 Å². The predicted molar refractivity (Wildman–Crippen MR) is 182 cm³/mol. The predicted octanol–water partition coefficient (Wildman–Crippen LogP) is 6.14. The molecule has 0 aromatic heterocycles. The molecule has 0 radical (unpaired) electrons. The van der Waals surface area contributed by atoms with Crippen molar-refractivity contribution in [3.8, 4) is 0 Å². The average Bonchev–Trinajstić information content (AvgIpc) is 3.66. The smallest absolute Gasteiger partial charge is 0.414 e. The molecule has 248 valence electrons.